The second-order valence-electron chi connectivity index (χ2n) is 10.8. The van der Waals surface area contributed by atoms with Crippen LogP contribution in [0.3, 0.4) is 0 Å². The lowest BCUT2D eigenvalue weighted by Gasteiger charge is -2.52. The lowest BCUT2D eigenvalue weighted by Crippen LogP contribution is -2.54. The second-order valence-corrected chi connectivity index (χ2v) is 10.8. The largest absolute Gasteiger partial charge is 0.461 e. The summed E-state index contributed by atoms with van der Waals surface area (Å²) in [7, 11) is 0. The average molecular weight is 460 g/mol. The first-order chi connectivity index (χ1) is 16.5. The lowest BCUT2D eigenvalue weighted by atomic mass is 9.55. The number of carbonyl (C=O) groups is 1. The van der Waals surface area contributed by atoms with Crippen molar-refractivity contribution in [1.29, 1.82) is 0 Å². The van der Waals surface area contributed by atoms with Crippen LogP contribution in [0.1, 0.15) is 44.2 Å². The van der Waals surface area contributed by atoms with Gasteiger partial charge < -0.3 is 9.84 Å². The molecule has 0 aromatic heterocycles. The molecule has 1 N–H and O–H groups in total. The zero-order chi connectivity index (χ0) is 23.7. The number of hydrogen-bond donors (Lipinski definition) is 1. The molecule has 1 aliphatic heterocycles. The molecule has 2 aromatic rings. The van der Waals surface area contributed by atoms with Crippen molar-refractivity contribution in [3.8, 4) is 0 Å². The van der Waals surface area contributed by atoms with Gasteiger partial charge in [0.1, 0.15) is 6.10 Å². The number of nitrogens with zero attached hydrogens (tertiary/aromatic N) is 1. The number of aliphatic hydroxyl groups excluding tert-OH is 1. The Morgan fingerprint density at radius 3 is 2.44 bits per heavy atom. The van der Waals surface area contributed by atoms with E-state index in [9.17, 15) is 9.90 Å². The predicted octanol–water partition coefficient (Wildman–Crippen LogP) is 5.02. The van der Waals surface area contributed by atoms with Crippen LogP contribution < -0.4 is 0 Å². The molecule has 1 heterocycles. The van der Waals surface area contributed by atoms with Crippen LogP contribution in [0.2, 0.25) is 0 Å². The van der Waals surface area contributed by atoms with Crippen LogP contribution >= 0.6 is 0 Å². The van der Waals surface area contributed by atoms with Gasteiger partial charge in [-0.3, -0.25) is 9.69 Å². The minimum atomic E-state index is -0.558. The van der Waals surface area contributed by atoms with Gasteiger partial charge in [-0.1, -0.05) is 86.2 Å². The predicted molar refractivity (Wildman–Crippen MR) is 134 cm³/mol. The molecule has 0 amide bonds. The van der Waals surface area contributed by atoms with E-state index in [1.165, 1.54) is 16.7 Å². The molecule has 0 spiro atoms. The SMILES string of the molecule is C[C@H]1CCC=C2C[C@H]3OC(=O)[C@@H](CN(CCc4ccccc4)Cc4ccccc4)[C@H]3[C@H](O)[C@@]21C. The average Bonchev–Trinajstić information content (AvgIpc) is 3.15. The maximum Gasteiger partial charge on any atom is 0.311 e. The molecule has 2 aromatic carbocycles. The molecule has 4 heteroatoms. The van der Waals surface area contributed by atoms with Crippen LogP contribution in [0.4, 0.5) is 0 Å². The van der Waals surface area contributed by atoms with Gasteiger partial charge in [0.05, 0.1) is 12.0 Å². The molecule has 1 saturated heterocycles. The molecule has 2 fully saturated rings. The highest BCUT2D eigenvalue weighted by molar-refractivity contribution is 5.76. The molecule has 0 unspecified atom stereocenters. The van der Waals surface area contributed by atoms with Gasteiger partial charge in [0.25, 0.3) is 0 Å². The van der Waals surface area contributed by atoms with Gasteiger partial charge in [-0.2, -0.15) is 0 Å². The van der Waals surface area contributed by atoms with Gasteiger partial charge in [0, 0.05) is 37.4 Å². The lowest BCUT2D eigenvalue weighted by molar-refractivity contribution is -0.145. The molecule has 180 valence electrons. The van der Waals surface area contributed by atoms with Gasteiger partial charge in [-0.05, 0) is 36.3 Å². The zero-order valence-electron chi connectivity index (χ0n) is 20.4. The highest BCUT2D eigenvalue weighted by atomic mass is 16.6. The van der Waals surface area contributed by atoms with E-state index in [4.69, 9.17) is 4.74 Å². The minimum Gasteiger partial charge on any atom is -0.461 e. The standard InChI is InChI=1S/C30H37NO3/c1-21-10-9-15-24-18-26-27(28(32)30(21,24)2)25(29(33)34-26)20-31(19-23-13-7-4-8-14-23)17-16-22-11-5-3-6-12-22/h3-8,11-15,21,25-28,32H,9-10,16-20H2,1-2H3/t21-,25-,26+,27+,28-,30+/m0/s1. The molecule has 0 bridgehead atoms. The summed E-state index contributed by atoms with van der Waals surface area (Å²) < 4.78 is 5.92. The Labute approximate surface area is 203 Å². The quantitative estimate of drug-likeness (QED) is 0.467. The summed E-state index contributed by atoms with van der Waals surface area (Å²) in [4.78, 5) is 15.5. The van der Waals surface area contributed by atoms with Gasteiger partial charge in [0.2, 0.25) is 0 Å². The summed E-state index contributed by atoms with van der Waals surface area (Å²) in [5, 5.41) is 11.7. The molecule has 34 heavy (non-hydrogen) atoms. The van der Waals surface area contributed by atoms with Gasteiger partial charge in [-0.15, -0.1) is 0 Å². The van der Waals surface area contributed by atoms with Crippen LogP contribution in [0.25, 0.3) is 0 Å². The first-order valence-electron chi connectivity index (χ1n) is 12.8. The molecule has 2 aliphatic carbocycles. The Bertz CT molecular complexity index is 1020. The van der Waals surface area contributed by atoms with Crippen LogP contribution in [0.5, 0.6) is 0 Å². The summed E-state index contributed by atoms with van der Waals surface area (Å²) in [5.41, 5.74) is 3.56. The van der Waals surface area contributed by atoms with Gasteiger partial charge >= 0.3 is 5.97 Å². The smallest absolute Gasteiger partial charge is 0.311 e. The third-order valence-electron chi connectivity index (χ3n) is 8.83. The van der Waals surface area contributed by atoms with Crippen LogP contribution in [0, 0.1) is 23.2 Å². The Kier molecular flexibility index (Phi) is 6.63. The molecule has 1 saturated carbocycles. The summed E-state index contributed by atoms with van der Waals surface area (Å²) >= 11 is 0. The molecular formula is C30H37NO3. The number of fused-ring (bicyclic) bond motifs is 2. The number of hydrogen-bond acceptors (Lipinski definition) is 4. The number of benzene rings is 2. The van der Waals surface area contributed by atoms with Crippen LogP contribution in [0.15, 0.2) is 72.3 Å². The van der Waals surface area contributed by atoms with Crippen molar-refractivity contribution >= 4 is 5.97 Å². The number of esters is 1. The first kappa shape index (κ1) is 23.3. The minimum absolute atomic E-state index is 0.137. The van der Waals surface area contributed by atoms with E-state index < -0.39 is 6.10 Å². The number of allylic oxidation sites excluding steroid dienone is 1. The molecule has 4 nitrogen and oxygen atoms in total. The fourth-order valence-electron chi connectivity index (χ4n) is 6.56. The topological polar surface area (TPSA) is 49.8 Å². The van der Waals surface area contributed by atoms with Crippen molar-refractivity contribution in [1.82, 2.24) is 4.90 Å². The van der Waals surface area contributed by atoms with Gasteiger partial charge in [0.15, 0.2) is 0 Å². The Morgan fingerprint density at radius 1 is 1.06 bits per heavy atom. The van der Waals surface area contributed by atoms with E-state index in [0.29, 0.717) is 12.5 Å². The molecular weight excluding hydrogens is 422 g/mol. The van der Waals surface area contributed by atoms with E-state index in [-0.39, 0.29) is 29.3 Å². The van der Waals surface area contributed by atoms with Crippen molar-refractivity contribution in [2.24, 2.45) is 23.2 Å². The van der Waals surface area contributed by atoms with Crippen molar-refractivity contribution < 1.29 is 14.6 Å². The van der Waals surface area contributed by atoms with E-state index in [0.717, 1.165) is 38.8 Å². The summed E-state index contributed by atoms with van der Waals surface area (Å²) in [6.07, 6.45) is 5.37. The van der Waals surface area contributed by atoms with Crippen molar-refractivity contribution in [3.05, 3.63) is 83.4 Å². The zero-order valence-corrected chi connectivity index (χ0v) is 20.4. The molecule has 3 aliphatic rings. The number of rotatable bonds is 7. The monoisotopic (exact) mass is 459 g/mol. The molecule has 6 atom stereocenters. The summed E-state index contributed by atoms with van der Waals surface area (Å²) in [6, 6.07) is 21.0. The van der Waals surface area contributed by atoms with E-state index in [1.807, 2.05) is 12.1 Å². The van der Waals surface area contributed by atoms with E-state index in [2.05, 4.69) is 73.4 Å². The summed E-state index contributed by atoms with van der Waals surface area (Å²) in [5.74, 6) is -0.183. The maximum atomic E-state index is 13.2. The Hall–Kier alpha value is -2.43. The number of aliphatic hydroxyl groups is 1. The highest BCUT2D eigenvalue weighted by Gasteiger charge is 2.59. The van der Waals surface area contributed by atoms with Crippen LogP contribution in [-0.4, -0.2) is 41.3 Å². The number of ether oxygens (including phenoxy) is 1. The Balaban J connectivity index is 1.38. The van der Waals surface area contributed by atoms with Gasteiger partial charge in [-0.25, -0.2) is 0 Å². The van der Waals surface area contributed by atoms with Crippen LogP contribution in [-0.2, 0) is 22.5 Å². The van der Waals surface area contributed by atoms with E-state index in [1.54, 1.807) is 0 Å². The first-order valence-corrected chi connectivity index (χ1v) is 12.8. The fourth-order valence-corrected chi connectivity index (χ4v) is 6.56. The third-order valence-corrected chi connectivity index (χ3v) is 8.83. The number of carbonyl (C=O) groups excluding carboxylic acids is 1. The van der Waals surface area contributed by atoms with Crippen molar-refractivity contribution in [2.75, 3.05) is 13.1 Å². The fraction of sp³-hybridized carbons (Fsp3) is 0.500. The third kappa shape index (κ3) is 4.34. The van der Waals surface area contributed by atoms with Crippen molar-refractivity contribution in [2.45, 2.75) is 58.3 Å². The molecule has 0 radical (unpaired) electrons. The highest BCUT2D eigenvalue weighted by Crippen LogP contribution is 2.56. The summed E-state index contributed by atoms with van der Waals surface area (Å²) in [6.45, 7) is 6.71. The van der Waals surface area contributed by atoms with Crippen molar-refractivity contribution in [3.63, 3.8) is 0 Å². The maximum absolute atomic E-state index is 13.2. The second kappa shape index (κ2) is 9.67. The Morgan fingerprint density at radius 2 is 1.74 bits per heavy atom. The molecule has 5 rings (SSSR count). The normalized spacial score (nSPS) is 32.6. The van der Waals surface area contributed by atoms with E-state index >= 15 is 0 Å².